The zero-order chi connectivity index (χ0) is 27.3. The molecule has 198 valence electrons. The van der Waals surface area contributed by atoms with Crippen LogP contribution in [0.4, 0.5) is 5.69 Å². The topological polar surface area (TPSA) is 149 Å². The van der Waals surface area contributed by atoms with E-state index in [-0.39, 0.29) is 24.8 Å². The third-order valence-corrected chi connectivity index (χ3v) is 5.81. The van der Waals surface area contributed by atoms with Crippen LogP contribution in [0, 0.1) is 12.8 Å². The lowest BCUT2D eigenvalue weighted by Crippen LogP contribution is -2.58. The molecule has 4 N–H and O–H groups in total. The number of nitrogen functional groups attached to an aromatic ring is 1. The Morgan fingerprint density at radius 1 is 1.03 bits per heavy atom. The highest BCUT2D eigenvalue weighted by atomic mass is 16.7. The first-order valence-corrected chi connectivity index (χ1v) is 12.1. The Labute approximate surface area is 214 Å². The van der Waals surface area contributed by atoms with E-state index in [9.17, 15) is 14.4 Å². The second-order valence-corrected chi connectivity index (χ2v) is 9.18. The van der Waals surface area contributed by atoms with Gasteiger partial charge in [0, 0.05) is 6.54 Å². The number of nitrogens with zero attached hydrogens (tertiary/aromatic N) is 4. The van der Waals surface area contributed by atoms with Crippen molar-refractivity contribution in [2.24, 2.45) is 16.8 Å². The van der Waals surface area contributed by atoms with Gasteiger partial charge in [-0.2, -0.15) is 10.6 Å². The van der Waals surface area contributed by atoms with Crippen LogP contribution in [0.3, 0.4) is 0 Å². The third kappa shape index (κ3) is 6.36. The van der Waals surface area contributed by atoms with Crippen molar-refractivity contribution in [3.05, 3.63) is 85.7 Å². The molecule has 0 bridgehead atoms. The van der Waals surface area contributed by atoms with Gasteiger partial charge in [-0.3, -0.25) is 9.36 Å². The van der Waals surface area contributed by atoms with E-state index in [1.807, 2.05) is 64.1 Å². The summed E-state index contributed by atoms with van der Waals surface area (Å²) in [5.41, 5.74) is 1.76. The lowest BCUT2D eigenvalue weighted by atomic mass is 10.1. The van der Waals surface area contributed by atoms with Crippen LogP contribution < -0.4 is 33.5 Å². The molecule has 0 amide bonds. The lowest BCUT2D eigenvalue weighted by Gasteiger charge is -2.16. The second-order valence-electron chi connectivity index (χ2n) is 9.18. The fourth-order valence-electron chi connectivity index (χ4n) is 3.80. The highest BCUT2D eigenvalue weighted by molar-refractivity contribution is 5.71. The molecule has 0 saturated heterocycles. The minimum absolute atomic E-state index is 0.00510. The Kier molecular flexibility index (Phi) is 8.72. The smallest absolute Gasteiger partial charge is 0.353 e. The van der Waals surface area contributed by atoms with E-state index in [4.69, 9.17) is 16.5 Å². The molecule has 1 heterocycles. The molecule has 0 unspecified atom stereocenters. The highest BCUT2D eigenvalue weighted by Gasteiger charge is 2.20. The molecule has 1 atom stereocenters. The Morgan fingerprint density at radius 2 is 1.70 bits per heavy atom. The molecular weight excluding hydrogens is 476 g/mol. The summed E-state index contributed by atoms with van der Waals surface area (Å²) in [4.78, 5) is 47.4. The molecule has 0 radical (unpaired) electrons. The summed E-state index contributed by atoms with van der Waals surface area (Å²) < 4.78 is 8.86. The summed E-state index contributed by atoms with van der Waals surface area (Å²) in [5, 5.41) is 0. The van der Waals surface area contributed by atoms with Crippen LogP contribution in [-0.2, 0) is 29.1 Å². The number of aryl methyl sites for hydroxylation is 2. The van der Waals surface area contributed by atoms with E-state index < -0.39 is 23.3 Å². The molecule has 0 aliphatic rings. The van der Waals surface area contributed by atoms with Crippen molar-refractivity contribution >= 4 is 11.7 Å². The van der Waals surface area contributed by atoms with Gasteiger partial charge in [-0.15, -0.1) is 0 Å². The Hall–Kier alpha value is -4.12. The maximum Gasteiger partial charge on any atom is 0.353 e. The Bertz CT molecular complexity index is 1450. The number of nitrogens with two attached hydrogens (primary N) is 2. The first kappa shape index (κ1) is 27.5. The third-order valence-electron chi connectivity index (χ3n) is 5.81. The van der Waals surface area contributed by atoms with E-state index in [0.717, 1.165) is 31.7 Å². The molecule has 3 aromatic rings. The first-order chi connectivity index (χ1) is 17.5. The van der Waals surface area contributed by atoms with Gasteiger partial charge in [0.25, 0.3) is 0 Å². The maximum atomic E-state index is 13.6. The maximum absolute atomic E-state index is 13.6. The molecule has 1 aromatic heterocycles. The summed E-state index contributed by atoms with van der Waals surface area (Å²) >= 11 is 0. The van der Waals surface area contributed by atoms with Crippen molar-refractivity contribution in [1.29, 1.82) is 0 Å². The SMILES string of the molecule is CCc1cc(N=c2n(N)c(=O)n(C[C@H](C)C(=O)ON)c(=O)n2Cc2ccc(C)cc2)ccc1OC(C)C. The van der Waals surface area contributed by atoms with Gasteiger partial charge in [0.2, 0.25) is 5.62 Å². The largest absolute Gasteiger partial charge is 0.491 e. The predicted octanol–water partition coefficient (Wildman–Crippen LogP) is 1.52. The molecule has 11 nitrogen and oxygen atoms in total. The van der Waals surface area contributed by atoms with Gasteiger partial charge in [0.05, 0.1) is 24.3 Å². The van der Waals surface area contributed by atoms with Gasteiger partial charge in [0.15, 0.2) is 0 Å². The van der Waals surface area contributed by atoms with Gasteiger partial charge < -0.3 is 15.4 Å². The number of carbonyl (C=O) groups is 1. The van der Waals surface area contributed by atoms with Crippen LogP contribution in [-0.4, -0.2) is 25.9 Å². The van der Waals surface area contributed by atoms with Crippen molar-refractivity contribution < 1.29 is 14.4 Å². The molecule has 0 aliphatic heterocycles. The van der Waals surface area contributed by atoms with E-state index in [0.29, 0.717) is 12.1 Å². The fraction of sp³-hybridized carbons (Fsp3) is 0.385. The van der Waals surface area contributed by atoms with Crippen molar-refractivity contribution in [2.75, 3.05) is 5.84 Å². The molecule has 0 saturated carbocycles. The normalized spacial score (nSPS) is 12.6. The minimum Gasteiger partial charge on any atom is -0.491 e. The summed E-state index contributed by atoms with van der Waals surface area (Å²) in [6.07, 6.45) is 0.700. The zero-order valence-corrected chi connectivity index (χ0v) is 21.8. The number of hydrogen-bond donors (Lipinski definition) is 2. The monoisotopic (exact) mass is 510 g/mol. The Morgan fingerprint density at radius 3 is 2.30 bits per heavy atom. The van der Waals surface area contributed by atoms with Crippen LogP contribution in [0.25, 0.3) is 0 Å². The van der Waals surface area contributed by atoms with Gasteiger partial charge in [-0.1, -0.05) is 43.7 Å². The summed E-state index contributed by atoms with van der Waals surface area (Å²) in [5.74, 6) is 10.3. The van der Waals surface area contributed by atoms with Crippen molar-refractivity contribution in [2.45, 2.75) is 60.2 Å². The van der Waals surface area contributed by atoms with Crippen molar-refractivity contribution in [3.8, 4) is 5.75 Å². The molecule has 3 rings (SSSR count). The molecule has 0 fully saturated rings. The summed E-state index contributed by atoms with van der Waals surface area (Å²) in [6.45, 7) is 9.18. The quantitative estimate of drug-likeness (QED) is 0.327. The highest BCUT2D eigenvalue weighted by Crippen LogP contribution is 2.25. The number of hydrogen-bond acceptors (Lipinski definition) is 8. The van der Waals surface area contributed by atoms with E-state index in [1.165, 1.54) is 11.5 Å². The van der Waals surface area contributed by atoms with Gasteiger partial charge in [-0.25, -0.2) is 19.1 Å². The molecule has 37 heavy (non-hydrogen) atoms. The molecule has 0 spiro atoms. The van der Waals surface area contributed by atoms with Crippen LogP contribution in [0.5, 0.6) is 5.75 Å². The number of ether oxygens (including phenoxy) is 1. The number of carbonyl (C=O) groups excluding carboxylic acids is 1. The number of rotatable bonds is 9. The second kappa shape index (κ2) is 11.7. The van der Waals surface area contributed by atoms with Crippen LogP contribution in [0.15, 0.2) is 57.0 Å². The van der Waals surface area contributed by atoms with E-state index in [1.54, 1.807) is 6.07 Å². The molecular formula is C26H34N6O5. The minimum atomic E-state index is -0.855. The average molecular weight is 511 g/mol. The predicted molar refractivity (Wildman–Crippen MR) is 140 cm³/mol. The Balaban J connectivity index is 2.24. The molecule has 2 aromatic carbocycles. The number of benzene rings is 2. The van der Waals surface area contributed by atoms with E-state index in [2.05, 4.69) is 9.83 Å². The van der Waals surface area contributed by atoms with Gasteiger partial charge in [-0.05, 0) is 56.5 Å². The fourth-order valence-corrected chi connectivity index (χ4v) is 3.80. The van der Waals surface area contributed by atoms with Crippen molar-refractivity contribution in [1.82, 2.24) is 13.8 Å². The van der Waals surface area contributed by atoms with E-state index >= 15 is 0 Å². The lowest BCUT2D eigenvalue weighted by molar-refractivity contribution is -0.149. The van der Waals surface area contributed by atoms with Gasteiger partial charge in [0.1, 0.15) is 5.75 Å². The summed E-state index contributed by atoms with van der Waals surface area (Å²) in [7, 11) is 0. The zero-order valence-electron chi connectivity index (χ0n) is 21.8. The molecule has 11 heteroatoms. The van der Waals surface area contributed by atoms with Gasteiger partial charge >= 0.3 is 17.3 Å². The van der Waals surface area contributed by atoms with Crippen LogP contribution >= 0.6 is 0 Å². The van der Waals surface area contributed by atoms with Crippen molar-refractivity contribution in [3.63, 3.8) is 0 Å². The van der Waals surface area contributed by atoms with Crippen LogP contribution in [0.1, 0.15) is 44.4 Å². The average Bonchev–Trinajstić information content (AvgIpc) is 2.88. The first-order valence-electron chi connectivity index (χ1n) is 12.1. The van der Waals surface area contributed by atoms with Crippen LogP contribution in [0.2, 0.25) is 0 Å². The summed E-state index contributed by atoms with van der Waals surface area (Å²) in [6, 6.07) is 13.0. The number of aromatic nitrogens is 3. The molecule has 0 aliphatic carbocycles. The standard InChI is InChI=1S/C26H34N6O5/c1-6-20-13-21(11-12-22(20)36-16(2)3)29-24-30(15-19-9-7-17(4)8-10-19)25(34)31(26(35)32(24)27)14-18(5)23(33)37-28/h7-13,16,18H,6,14-15,27-28H2,1-5H3/t18-/m0/s1.